The molecule has 5 nitrogen and oxygen atoms in total. The molecule has 2 N–H and O–H groups in total. The van der Waals surface area contributed by atoms with E-state index in [1.54, 1.807) is 6.92 Å². The van der Waals surface area contributed by atoms with Gasteiger partial charge in [-0.3, -0.25) is 9.35 Å². The maximum absolute atomic E-state index is 11.1. The second-order valence-corrected chi connectivity index (χ2v) is 4.65. The van der Waals surface area contributed by atoms with Crippen molar-refractivity contribution >= 4 is 16.0 Å². The van der Waals surface area contributed by atoms with E-state index in [-0.39, 0.29) is 12.0 Å². The number of amides is 1. The average molecular weight is 221 g/mol. The molecule has 0 aliphatic heterocycles. The number of nitrogens with one attached hydrogen (secondary N) is 1. The van der Waals surface area contributed by atoms with Crippen LogP contribution in [0.15, 0.2) is 12.2 Å². The van der Waals surface area contributed by atoms with E-state index in [9.17, 15) is 13.2 Å². The molecule has 0 aromatic rings. The summed E-state index contributed by atoms with van der Waals surface area (Å²) in [4.78, 5) is 11.1. The smallest absolute Gasteiger partial charge is 0.286 e. The van der Waals surface area contributed by atoms with Crippen molar-refractivity contribution in [3.63, 3.8) is 0 Å². The number of hydrogen-bond acceptors (Lipinski definition) is 3. The first-order chi connectivity index (χ1) is 6.29. The average Bonchev–Trinajstić information content (AvgIpc) is 2.01. The van der Waals surface area contributed by atoms with Crippen LogP contribution in [0.1, 0.15) is 26.7 Å². The molecule has 6 heteroatoms. The largest absolute Gasteiger partial charge is 0.334 e. The third-order valence-corrected chi connectivity index (χ3v) is 2.66. The second kappa shape index (κ2) is 5.11. The van der Waals surface area contributed by atoms with Gasteiger partial charge in [0, 0.05) is 5.57 Å². The highest BCUT2D eigenvalue weighted by Crippen LogP contribution is 2.04. The first kappa shape index (κ1) is 13.1. The summed E-state index contributed by atoms with van der Waals surface area (Å²) in [5.41, 5.74) is 0.203. The number of rotatable bonds is 5. The highest BCUT2D eigenvalue weighted by Gasteiger charge is 2.23. The van der Waals surface area contributed by atoms with Crippen LogP contribution in [0, 0.1) is 0 Å². The Hall–Kier alpha value is -0.880. The molecule has 1 atom stereocenters. The van der Waals surface area contributed by atoms with E-state index < -0.39 is 21.4 Å². The summed E-state index contributed by atoms with van der Waals surface area (Å²) in [6, 6.07) is 0. The molecule has 1 unspecified atom stereocenters. The van der Waals surface area contributed by atoms with Crippen LogP contribution in [-0.4, -0.2) is 24.3 Å². The number of hydrogen-bond donors (Lipinski definition) is 2. The molecule has 0 aromatic heterocycles. The standard InChI is InChI=1S/C8H15NO4S/c1-4-5-7(14(11,12)13)9-8(10)6(2)3/h7H,2,4-5H2,1,3H3,(H,9,10)(H,11,12,13). The van der Waals surface area contributed by atoms with E-state index in [1.165, 1.54) is 6.92 Å². The van der Waals surface area contributed by atoms with Crippen molar-refractivity contribution in [2.24, 2.45) is 0 Å². The summed E-state index contributed by atoms with van der Waals surface area (Å²) in [5.74, 6) is -0.568. The molecule has 0 heterocycles. The van der Waals surface area contributed by atoms with Crippen molar-refractivity contribution in [3.05, 3.63) is 12.2 Å². The molecule has 0 aromatic carbocycles. The van der Waals surface area contributed by atoms with E-state index in [4.69, 9.17) is 4.55 Å². The van der Waals surface area contributed by atoms with E-state index in [0.29, 0.717) is 6.42 Å². The van der Waals surface area contributed by atoms with E-state index in [1.807, 2.05) is 0 Å². The molecule has 1 amide bonds. The molecule has 0 aliphatic rings. The molecule has 0 radical (unpaired) electrons. The van der Waals surface area contributed by atoms with Gasteiger partial charge >= 0.3 is 0 Å². The molecule has 0 saturated heterocycles. The SMILES string of the molecule is C=C(C)C(=O)NC(CCC)S(=O)(=O)O. The maximum atomic E-state index is 11.1. The van der Waals surface area contributed by atoms with Crippen molar-refractivity contribution in [2.75, 3.05) is 0 Å². The van der Waals surface area contributed by atoms with Gasteiger partial charge in [-0.1, -0.05) is 19.9 Å². The number of carbonyl (C=O) groups excluding carboxylic acids is 1. The van der Waals surface area contributed by atoms with Crippen LogP contribution in [0.25, 0.3) is 0 Å². The summed E-state index contributed by atoms with van der Waals surface area (Å²) < 4.78 is 30.3. The lowest BCUT2D eigenvalue weighted by Crippen LogP contribution is -2.40. The minimum absolute atomic E-state index is 0.178. The molecule has 0 rings (SSSR count). The van der Waals surface area contributed by atoms with Gasteiger partial charge < -0.3 is 5.32 Å². The molecule has 82 valence electrons. The van der Waals surface area contributed by atoms with Gasteiger partial charge in [0.2, 0.25) is 5.91 Å². The number of carbonyl (C=O) groups is 1. The fraction of sp³-hybridized carbons (Fsp3) is 0.625. The maximum Gasteiger partial charge on any atom is 0.286 e. The predicted molar refractivity (Wildman–Crippen MR) is 53.2 cm³/mol. The highest BCUT2D eigenvalue weighted by molar-refractivity contribution is 7.86. The Morgan fingerprint density at radius 2 is 2.07 bits per heavy atom. The van der Waals surface area contributed by atoms with Crippen LogP contribution in [0.2, 0.25) is 0 Å². The molecular weight excluding hydrogens is 206 g/mol. The van der Waals surface area contributed by atoms with Crippen molar-refractivity contribution in [1.29, 1.82) is 0 Å². The van der Waals surface area contributed by atoms with Gasteiger partial charge in [-0.15, -0.1) is 0 Å². The molecular formula is C8H15NO4S. The van der Waals surface area contributed by atoms with Gasteiger partial charge in [-0.2, -0.15) is 8.42 Å². The minimum atomic E-state index is -4.23. The fourth-order valence-electron chi connectivity index (χ4n) is 0.827. The monoisotopic (exact) mass is 221 g/mol. The minimum Gasteiger partial charge on any atom is -0.334 e. The van der Waals surface area contributed by atoms with Crippen LogP contribution in [0.5, 0.6) is 0 Å². The summed E-state index contributed by atoms with van der Waals surface area (Å²) in [6.07, 6.45) is 0.721. The van der Waals surface area contributed by atoms with E-state index in [0.717, 1.165) is 0 Å². The third kappa shape index (κ3) is 4.38. The van der Waals surface area contributed by atoms with Gasteiger partial charge in [0.15, 0.2) is 5.37 Å². The molecule has 14 heavy (non-hydrogen) atoms. The van der Waals surface area contributed by atoms with Crippen LogP contribution < -0.4 is 5.32 Å². The van der Waals surface area contributed by atoms with Crippen molar-refractivity contribution in [2.45, 2.75) is 32.1 Å². The van der Waals surface area contributed by atoms with E-state index in [2.05, 4.69) is 11.9 Å². The Labute approximate surface area is 83.9 Å². The van der Waals surface area contributed by atoms with Crippen LogP contribution in [0.4, 0.5) is 0 Å². The van der Waals surface area contributed by atoms with Crippen molar-refractivity contribution < 1.29 is 17.8 Å². The van der Waals surface area contributed by atoms with Gasteiger partial charge in [0.05, 0.1) is 0 Å². The van der Waals surface area contributed by atoms with Crippen LogP contribution >= 0.6 is 0 Å². The Kier molecular flexibility index (Phi) is 4.79. The summed E-state index contributed by atoms with van der Waals surface area (Å²) >= 11 is 0. The van der Waals surface area contributed by atoms with Gasteiger partial charge in [0.25, 0.3) is 10.1 Å². The zero-order valence-electron chi connectivity index (χ0n) is 8.28. The molecule has 0 aliphatic carbocycles. The summed E-state index contributed by atoms with van der Waals surface area (Å²) in [7, 11) is -4.23. The van der Waals surface area contributed by atoms with Crippen molar-refractivity contribution in [3.8, 4) is 0 Å². The Balaban J connectivity index is 4.55. The Morgan fingerprint density at radius 3 is 2.36 bits per heavy atom. The first-order valence-corrected chi connectivity index (χ1v) is 5.72. The lowest BCUT2D eigenvalue weighted by atomic mass is 10.3. The highest BCUT2D eigenvalue weighted by atomic mass is 32.2. The third-order valence-electron chi connectivity index (χ3n) is 1.59. The Bertz CT molecular complexity index is 320. The molecule has 0 saturated carbocycles. The second-order valence-electron chi connectivity index (χ2n) is 3.05. The van der Waals surface area contributed by atoms with E-state index >= 15 is 0 Å². The molecule has 0 spiro atoms. The summed E-state index contributed by atoms with van der Waals surface area (Å²) in [6.45, 7) is 6.58. The van der Waals surface area contributed by atoms with Crippen LogP contribution in [-0.2, 0) is 14.9 Å². The lowest BCUT2D eigenvalue weighted by Gasteiger charge is -2.14. The quantitative estimate of drug-likeness (QED) is 0.528. The first-order valence-electron chi connectivity index (χ1n) is 4.21. The zero-order chi connectivity index (χ0) is 11.4. The predicted octanol–water partition coefficient (Wildman–Crippen LogP) is 0.693. The van der Waals surface area contributed by atoms with Gasteiger partial charge in [-0.25, -0.2) is 0 Å². The normalized spacial score (nSPS) is 13.4. The zero-order valence-corrected chi connectivity index (χ0v) is 9.10. The topological polar surface area (TPSA) is 83.5 Å². The summed E-state index contributed by atoms with van der Waals surface area (Å²) in [5, 5.41) is 0.942. The van der Waals surface area contributed by atoms with Crippen LogP contribution in [0.3, 0.4) is 0 Å². The lowest BCUT2D eigenvalue weighted by molar-refractivity contribution is -0.117. The molecule has 0 fully saturated rings. The Morgan fingerprint density at radius 1 is 1.57 bits per heavy atom. The van der Waals surface area contributed by atoms with Crippen molar-refractivity contribution in [1.82, 2.24) is 5.32 Å². The molecule has 0 bridgehead atoms. The van der Waals surface area contributed by atoms with Gasteiger partial charge in [-0.05, 0) is 13.3 Å². The fourth-order valence-corrected chi connectivity index (χ4v) is 1.62. The van der Waals surface area contributed by atoms with Gasteiger partial charge in [0.1, 0.15) is 0 Å².